The van der Waals surface area contributed by atoms with E-state index in [0.29, 0.717) is 26.1 Å². The molecule has 1 aromatic heterocycles. The first-order valence-electron chi connectivity index (χ1n) is 9.00. The summed E-state index contributed by atoms with van der Waals surface area (Å²) in [5.41, 5.74) is 0.304. The molecule has 0 aliphatic heterocycles. The molecule has 0 aliphatic rings. The van der Waals surface area contributed by atoms with Gasteiger partial charge in [0.2, 0.25) is 11.8 Å². The molecule has 1 atom stereocenters. The zero-order valence-corrected chi connectivity index (χ0v) is 16.7. The number of hydrogen-bond donors (Lipinski definition) is 2. The highest BCUT2D eigenvalue weighted by Crippen LogP contribution is 2.12. The standard InChI is InChI=1S/C19H30N4O4/c1-14(22-15(2)24)17(25)21-10-7-11-23(18(26)27-19(3,4)5)13-16-8-6-9-20-12-16/h6,8-9,12,14H,7,10-11,13H2,1-5H3,(H,21,25)(H,22,24)/t14-/m1/s1. The van der Waals surface area contributed by atoms with E-state index in [1.807, 2.05) is 32.9 Å². The first kappa shape index (κ1) is 22.4. The van der Waals surface area contributed by atoms with Crippen molar-refractivity contribution in [3.05, 3.63) is 30.1 Å². The van der Waals surface area contributed by atoms with Gasteiger partial charge in [0.25, 0.3) is 0 Å². The van der Waals surface area contributed by atoms with Crippen LogP contribution in [0.4, 0.5) is 4.79 Å². The van der Waals surface area contributed by atoms with Crippen LogP contribution in [0.25, 0.3) is 0 Å². The van der Waals surface area contributed by atoms with E-state index in [2.05, 4.69) is 15.6 Å². The van der Waals surface area contributed by atoms with Crippen molar-refractivity contribution in [2.45, 2.75) is 59.2 Å². The van der Waals surface area contributed by atoms with Gasteiger partial charge in [0.05, 0.1) is 6.54 Å². The van der Waals surface area contributed by atoms with Crippen LogP contribution >= 0.6 is 0 Å². The number of nitrogens with one attached hydrogen (secondary N) is 2. The molecule has 0 bridgehead atoms. The third-order valence-electron chi connectivity index (χ3n) is 3.47. The van der Waals surface area contributed by atoms with Crippen LogP contribution < -0.4 is 10.6 Å². The number of amides is 3. The monoisotopic (exact) mass is 378 g/mol. The SMILES string of the molecule is CC(=O)N[C@H](C)C(=O)NCCCN(Cc1cccnc1)C(=O)OC(C)(C)C. The van der Waals surface area contributed by atoms with Crippen molar-refractivity contribution in [3.8, 4) is 0 Å². The summed E-state index contributed by atoms with van der Waals surface area (Å²) in [6, 6.07) is 3.10. The van der Waals surface area contributed by atoms with Gasteiger partial charge in [-0.3, -0.25) is 14.6 Å². The predicted molar refractivity (Wildman–Crippen MR) is 102 cm³/mol. The topological polar surface area (TPSA) is 101 Å². The highest BCUT2D eigenvalue weighted by atomic mass is 16.6. The summed E-state index contributed by atoms with van der Waals surface area (Å²) in [4.78, 5) is 41.0. The average molecular weight is 378 g/mol. The molecule has 8 nitrogen and oxygen atoms in total. The van der Waals surface area contributed by atoms with Gasteiger partial charge in [0, 0.05) is 32.4 Å². The molecule has 0 saturated carbocycles. The normalized spacial score (nSPS) is 12.0. The van der Waals surface area contributed by atoms with E-state index in [-0.39, 0.29) is 11.8 Å². The van der Waals surface area contributed by atoms with Crippen LogP contribution in [0.2, 0.25) is 0 Å². The van der Waals surface area contributed by atoms with Crippen molar-refractivity contribution in [1.82, 2.24) is 20.5 Å². The fraction of sp³-hybridized carbons (Fsp3) is 0.579. The number of aromatic nitrogens is 1. The largest absolute Gasteiger partial charge is 0.444 e. The summed E-state index contributed by atoms with van der Waals surface area (Å²) in [5.74, 6) is -0.522. The number of carbonyl (C=O) groups is 3. The maximum atomic E-state index is 12.5. The number of nitrogens with zero attached hydrogens (tertiary/aromatic N) is 2. The molecule has 8 heteroatoms. The third kappa shape index (κ3) is 9.58. The van der Waals surface area contributed by atoms with E-state index < -0.39 is 17.7 Å². The summed E-state index contributed by atoms with van der Waals surface area (Å²) < 4.78 is 5.46. The molecule has 27 heavy (non-hydrogen) atoms. The Hall–Kier alpha value is -2.64. The molecule has 150 valence electrons. The Morgan fingerprint density at radius 3 is 2.56 bits per heavy atom. The first-order valence-corrected chi connectivity index (χ1v) is 9.00. The van der Waals surface area contributed by atoms with Gasteiger partial charge in [0.1, 0.15) is 11.6 Å². The van der Waals surface area contributed by atoms with Gasteiger partial charge in [-0.25, -0.2) is 4.79 Å². The second-order valence-corrected chi connectivity index (χ2v) is 7.33. The third-order valence-corrected chi connectivity index (χ3v) is 3.47. The molecule has 0 radical (unpaired) electrons. The van der Waals surface area contributed by atoms with Crippen molar-refractivity contribution in [2.75, 3.05) is 13.1 Å². The zero-order valence-electron chi connectivity index (χ0n) is 16.7. The lowest BCUT2D eigenvalue weighted by molar-refractivity contribution is -0.127. The van der Waals surface area contributed by atoms with Crippen LogP contribution in [-0.4, -0.2) is 52.5 Å². The van der Waals surface area contributed by atoms with E-state index in [1.54, 1.807) is 24.2 Å². The van der Waals surface area contributed by atoms with Crippen molar-refractivity contribution >= 4 is 17.9 Å². The Morgan fingerprint density at radius 2 is 2.00 bits per heavy atom. The Bertz CT molecular complexity index is 628. The van der Waals surface area contributed by atoms with Gasteiger partial charge in [0.15, 0.2) is 0 Å². The van der Waals surface area contributed by atoms with Gasteiger partial charge in [-0.05, 0) is 45.7 Å². The molecule has 1 heterocycles. The van der Waals surface area contributed by atoms with Gasteiger partial charge in [-0.15, -0.1) is 0 Å². The van der Waals surface area contributed by atoms with Crippen LogP contribution in [0.15, 0.2) is 24.5 Å². The van der Waals surface area contributed by atoms with Gasteiger partial charge in [-0.2, -0.15) is 0 Å². The second-order valence-electron chi connectivity index (χ2n) is 7.33. The van der Waals surface area contributed by atoms with Crippen LogP contribution in [0.3, 0.4) is 0 Å². The Balaban J connectivity index is 2.57. The van der Waals surface area contributed by atoms with Crippen molar-refractivity contribution in [3.63, 3.8) is 0 Å². The molecule has 0 saturated heterocycles. The lowest BCUT2D eigenvalue weighted by Gasteiger charge is -2.27. The minimum atomic E-state index is -0.597. The zero-order chi connectivity index (χ0) is 20.4. The number of pyridine rings is 1. The fourth-order valence-electron chi connectivity index (χ4n) is 2.28. The summed E-state index contributed by atoms with van der Waals surface area (Å²) in [5, 5.41) is 5.28. The van der Waals surface area contributed by atoms with Crippen LogP contribution in [-0.2, 0) is 20.9 Å². The van der Waals surface area contributed by atoms with E-state index in [0.717, 1.165) is 5.56 Å². The van der Waals surface area contributed by atoms with E-state index in [1.165, 1.54) is 6.92 Å². The molecule has 1 aromatic rings. The molecule has 3 amide bonds. The Kier molecular flexibility index (Phi) is 8.71. The van der Waals surface area contributed by atoms with Gasteiger partial charge < -0.3 is 20.3 Å². The Morgan fingerprint density at radius 1 is 1.30 bits per heavy atom. The maximum Gasteiger partial charge on any atom is 0.410 e. The average Bonchev–Trinajstić information content (AvgIpc) is 2.56. The number of hydrogen-bond acceptors (Lipinski definition) is 5. The number of ether oxygens (including phenoxy) is 1. The van der Waals surface area contributed by atoms with Crippen LogP contribution in [0.1, 0.15) is 46.6 Å². The van der Waals surface area contributed by atoms with E-state index in [4.69, 9.17) is 4.74 Å². The first-order chi connectivity index (χ1) is 12.6. The lowest BCUT2D eigenvalue weighted by Crippen LogP contribution is -2.45. The molecular formula is C19H30N4O4. The maximum absolute atomic E-state index is 12.5. The second kappa shape index (κ2) is 10.5. The minimum absolute atomic E-state index is 0.259. The molecule has 0 fully saturated rings. The molecule has 0 aliphatic carbocycles. The molecular weight excluding hydrogens is 348 g/mol. The number of carbonyl (C=O) groups excluding carboxylic acids is 3. The summed E-state index contributed by atoms with van der Waals surface area (Å²) in [6.07, 6.45) is 3.52. The molecule has 0 spiro atoms. The van der Waals surface area contributed by atoms with Crippen LogP contribution in [0, 0.1) is 0 Å². The molecule has 1 rings (SSSR count). The highest BCUT2D eigenvalue weighted by Gasteiger charge is 2.22. The fourth-order valence-corrected chi connectivity index (χ4v) is 2.28. The lowest BCUT2D eigenvalue weighted by atomic mass is 10.2. The summed E-state index contributed by atoms with van der Waals surface area (Å²) >= 11 is 0. The van der Waals surface area contributed by atoms with Crippen molar-refractivity contribution in [1.29, 1.82) is 0 Å². The smallest absolute Gasteiger partial charge is 0.410 e. The number of rotatable bonds is 8. The van der Waals surface area contributed by atoms with Crippen molar-refractivity contribution < 1.29 is 19.1 Å². The summed E-state index contributed by atoms with van der Waals surface area (Å²) in [6.45, 7) is 9.60. The highest BCUT2D eigenvalue weighted by molar-refractivity contribution is 5.86. The molecule has 0 aromatic carbocycles. The van der Waals surface area contributed by atoms with Crippen LogP contribution in [0.5, 0.6) is 0 Å². The quantitative estimate of drug-likeness (QED) is 0.673. The van der Waals surface area contributed by atoms with Crippen molar-refractivity contribution in [2.24, 2.45) is 0 Å². The van der Waals surface area contributed by atoms with Gasteiger partial charge in [-0.1, -0.05) is 6.07 Å². The van der Waals surface area contributed by atoms with E-state index in [9.17, 15) is 14.4 Å². The predicted octanol–water partition coefficient (Wildman–Crippen LogP) is 1.85. The molecule has 2 N–H and O–H groups in total. The minimum Gasteiger partial charge on any atom is -0.444 e. The Labute approximate surface area is 160 Å². The summed E-state index contributed by atoms with van der Waals surface area (Å²) in [7, 11) is 0. The molecule has 0 unspecified atom stereocenters. The van der Waals surface area contributed by atoms with E-state index >= 15 is 0 Å². The van der Waals surface area contributed by atoms with Gasteiger partial charge >= 0.3 is 6.09 Å².